The predicted octanol–water partition coefficient (Wildman–Crippen LogP) is 4.89. The zero-order valence-corrected chi connectivity index (χ0v) is 15.4. The maximum Gasteiger partial charge on any atom is 0.255 e. The first-order valence-corrected chi connectivity index (χ1v) is 8.87. The molecule has 0 bridgehead atoms. The van der Waals surface area contributed by atoms with Crippen molar-refractivity contribution in [3.63, 3.8) is 0 Å². The first-order chi connectivity index (χ1) is 13.0. The number of nitrogens with zero attached hydrogens (tertiary/aromatic N) is 2. The fraction of sp³-hybridized carbons (Fsp3) is 0.182. The minimum Gasteiger partial charge on any atom is -0.350 e. The predicted molar refractivity (Wildman–Crippen MR) is 106 cm³/mol. The molecule has 4 nitrogen and oxygen atoms in total. The highest BCUT2D eigenvalue weighted by Crippen LogP contribution is 2.20. The Hall–Kier alpha value is -3.21. The Labute approximate surface area is 158 Å². The van der Waals surface area contributed by atoms with E-state index in [2.05, 4.69) is 41.2 Å². The Balaban J connectivity index is 1.82. The number of benzene rings is 2. The monoisotopic (exact) mass is 363 g/mol. The van der Waals surface area contributed by atoms with Gasteiger partial charge in [0.15, 0.2) is 0 Å². The fourth-order valence-corrected chi connectivity index (χ4v) is 2.78. The molecule has 0 spiro atoms. The molecule has 2 aromatic carbocycles. The molecular formula is C22H22FN3O. The highest BCUT2D eigenvalue weighted by molar-refractivity contribution is 6.04. The second kappa shape index (κ2) is 8.45. The van der Waals surface area contributed by atoms with Gasteiger partial charge >= 0.3 is 0 Å². The van der Waals surface area contributed by atoms with E-state index in [9.17, 15) is 9.18 Å². The number of aromatic nitrogens is 1. The molecule has 138 valence electrons. The Morgan fingerprint density at radius 2 is 1.78 bits per heavy atom. The molecule has 1 amide bonds. The highest BCUT2D eigenvalue weighted by atomic mass is 19.1. The van der Waals surface area contributed by atoms with Gasteiger partial charge in [-0.2, -0.15) is 0 Å². The molecule has 3 aromatic rings. The first-order valence-electron chi connectivity index (χ1n) is 8.87. The number of nitrogens with one attached hydrogen (secondary N) is 1. The summed E-state index contributed by atoms with van der Waals surface area (Å²) in [5, 5.41) is 2.61. The average Bonchev–Trinajstić information content (AvgIpc) is 2.68. The van der Waals surface area contributed by atoms with Crippen LogP contribution in [0.4, 0.5) is 15.9 Å². The van der Waals surface area contributed by atoms with Crippen molar-refractivity contribution < 1.29 is 9.18 Å². The number of pyridine rings is 1. The van der Waals surface area contributed by atoms with Gasteiger partial charge in [-0.15, -0.1) is 0 Å². The Morgan fingerprint density at radius 1 is 1.07 bits per heavy atom. The van der Waals surface area contributed by atoms with Crippen LogP contribution in [0.3, 0.4) is 0 Å². The summed E-state index contributed by atoms with van der Waals surface area (Å²) in [6.07, 6.45) is 1.60. The van der Waals surface area contributed by atoms with E-state index in [0.29, 0.717) is 17.9 Å². The molecule has 27 heavy (non-hydrogen) atoms. The summed E-state index contributed by atoms with van der Waals surface area (Å²) in [6.45, 7) is 4.84. The number of amides is 1. The lowest BCUT2D eigenvalue weighted by Gasteiger charge is -2.28. The van der Waals surface area contributed by atoms with Crippen LogP contribution in [0.25, 0.3) is 0 Å². The third-order valence-corrected chi connectivity index (χ3v) is 4.24. The van der Waals surface area contributed by atoms with Gasteiger partial charge in [0.05, 0.1) is 5.69 Å². The van der Waals surface area contributed by atoms with Gasteiger partial charge < -0.3 is 10.2 Å². The number of hydrogen-bond acceptors (Lipinski definition) is 3. The van der Waals surface area contributed by atoms with Gasteiger partial charge in [-0.05, 0) is 43.7 Å². The van der Waals surface area contributed by atoms with Crippen molar-refractivity contribution >= 4 is 17.4 Å². The van der Waals surface area contributed by atoms with Gasteiger partial charge in [0.25, 0.3) is 5.91 Å². The van der Waals surface area contributed by atoms with Crippen LogP contribution in [-0.2, 0) is 6.54 Å². The molecule has 0 aliphatic rings. The van der Waals surface area contributed by atoms with Gasteiger partial charge in [-0.1, -0.05) is 42.5 Å². The summed E-state index contributed by atoms with van der Waals surface area (Å²) in [5.41, 5.74) is 1.75. The van der Waals surface area contributed by atoms with Crippen LogP contribution in [0, 0.1) is 5.82 Å². The molecule has 0 aliphatic heterocycles. The third-order valence-electron chi connectivity index (χ3n) is 4.24. The molecule has 0 radical (unpaired) electrons. The summed E-state index contributed by atoms with van der Waals surface area (Å²) in [5.74, 6) is -0.129. The minimum atomic E-state index is -0.465. The second-order valence-electron chi connectivity index (χ2n) is 6.54. The van der Waals surface area contributed by atoms with Crippen molar-refractivity contribution in [2.75, 3.05) is 10.2 Å². The van der Waals surface area contributed by atoms with Crippen LogP contribution in [0.5, 0.6) is 0 Å². The second-order valence-corrected chi connectivity index (χ2v) is 6.54. The largest absolute Gasteiger partial charge is 0.350 e. The first kappa shape index (κ1) is 18.6. The number of carbonyl (C=O) groups excluding carboxylic acids is 1. The van der Waals surface area contributed by atoms with E-state index >= 15 is 0 Å². The van der Waals surface area contributed by atoms with E-state index in [-0.39, 0.29) is 17.6 Å². The Bertz CT molecular complexity index is 912. The summed E-state index contributed by atoms with van der Waals surface area (Å²) in [7, 11) is 0. The maximum atomic E-state index is 13.8. The summed E-state index contributed by atoms with van der Waals surface area (Å²) in [6, 6.07) is 19.8. The lowest BCUT2D eigenvalue weighted by atomic mass is 10.1. The molecule has 1 N–H and O–H groups in total. The number of rotatable bonds is 6. The van der Waals surface area contributed by atoms with E-state index < -0.39 is 5.82 Å². The summed E-state index contributed by atoms with van der Waals surface area (Å²) >= 11 is 0. The van der Waals surface area contributed by atoms with Crippen LogP contribution in [-0.4, -0.2) is 16.9 Å². The van der Waals surface area contributed by atoms with E-state index in [1.54, 1.807) is 30.5 Å². The minimum absolute atomic E-state index is 0.158. The molecule has 0 saturated heterocycles. The molecule has 1 aromatic heterocycles. The molecular weight excluding hydrogens is 341 g/mol. The smallest absolute Gasteiger partial charge is 0.255 e. The molecule has 5 heteroatoms. The molecule has 0 fully saturated rings. The van der Waals surface area contributed by atoms with Crippen molar-refractivity contribution in [2.45, 2.75) is 26.4 Å². The lowest BCUT2D eigenvalue weighted by molar-refractivity contribution is 0.102. The van der Waals surface area contributed by atoms with Crippen LogP contribution >= 0.6 is 0 Å². The van der Waals surface area contributed by atoms with E-state index in [1.807, 2.05) is 18.2 Å². The zero-order valence-electron chi connectivity index (χ0n) is 15.4. The van der Waals surface area contributed by atoms with Gasteiger partial charge in [-0.3, -0.25) is 4.79 Å². The van der Waals surface area contributed by atoms with Crippen molar-refractivity contribution in [2.24, 2.45) is 0 Å². The van der Waals surface area contributed by atoms with Crippen LogP contribution in [0.1, 0.15) is 29.8 Å². The average molecular weight is 363 g/mol. The number of hydrogen-bond donors (Lipinski definition) is 1. The lowest BCUT2D eigenvalue weighted by Crippen LogP contribution is -2.31. The number of carbonyl (C=O) groups is 1. The summed E-state index contributed by atoms with van der Waals surface area (Å²) < 4.78 is 13.8. The topological polar surface area (TPSA) is 45.2 Å². The van der Waals surface area contributed by atoms with Crippen molar-refractivity contribution in [3.8, 4) is 0 Å². The van der Waals surface area contributed by atoms with Crippen LogP contribution in [0.2, 0.25) is 0 Å². The maximum absolute atomic E-state index is 13.8. The van der Waals surface area contributed by atoms with Gasteiger partial charge in [0.1, 0.15) is 11.6 Å². The van der Waals surface area contributed by atoms with Crippen molar-refractivity contribution in [3.05, 3.63) is 89.9 Å². The van der Waals surface area contributed by atoms with Crippen LogP contribution in [0.15, 0.2) is 72.9 Å². The number of para-hydroxylation sites is 1. The Kier molecular flexibility index (Phi) is 5.81. The SMILES string of the molecule is CC(C)N(Cc1ccccc1)c1cc(C(=O)Nc2ccccc2F)ccn1. The number of anilines is 2. The van der Waals surface area contributed by atoms with Crippen LogP contribution < -0.4 is 10.2 Å². The standard InChI is InChI=1S/C22H22FN3O/c1-16(2)26(15-17-8-4-3-5-9-17)21-14-18(12-13-24-21)22(27)25-20-11-7-6-10-19(20)23/h3-14,16H,15H2,1-2H3,(H,25,27). The van der Waals surface area contributed by atoms with Crippen molar-refractivity contribution in [1.29, 1.82) is 0 Å². The zero-order chi connectivity index (χ0) is 19.2. The molecule has 0 aliphatic carbocycles. The molecule has 3 rings (SSSR count). The molecule has 0 unspecified atom stereocenters. The highest BCUT2D eigenvalue weighted by Gasteiger charge is 2.16. The van der Waals surface area contributed by atoms with Gasteiger partial charge in [0.2, 0.25) is 0 Å². The van der Waals surface area contributed by atoms with E-state index in [1.165, 1.54) is 12.1 Å². The fourth-order valence-electron chi connectivity index (χ4n) is 2.78. The van der Waals surface area contributed by atoms with E-state index in [0.717, 1.165) is 5.56 Å². The summed E-state index contributed by atoms with van der Waals surface area (Å²) in [4.78, 5) is 19.1. The molecule has 0 saturated carbocycles. The normalized spacial score (nSPS) is 10.7. The molecule has 0 atom stereocenters. The third kappa shape index (κ3) is 4.70. The van der Waals surface area contributed by atoms with Gasteiger partial charge in [0, 0.05) is 24.3 Å². The van der Waals surface area contributed by atoms with Crippen molar-refractivity contribution in [1.82, 2.24) is 4.98 Å². The van der Waals surface area contributed by atoms with E-state index in [4.69, 9.17) is 0 Å². The Morgan fingerprint density at radius 3 is 2.48 bits per heavy atom. The van der Waals surface area contributed by atoms with Gasteiger partial charge in [-0.25, -0.2) is 9.37 Å². The molecule has 1 heterocycles. The number of halogens is 1. The quantitative estimate of drug-likeness (QED) is 0.678.